The monoisotopic (exact) mass is 279 g/mol. The molecule has 0 bridgehead atoms. The van der Waals surface area contributed by atoms with Crippen LogP contribution in [-0.2, 0) is 0 Å². The van der Waals surface area contributed by atoms with Crippen LogP contribution in [0.4, 0.5) is 0 Å². The van der Waals surface area contributed by atoms with Gasteiger partial charge in [0, 0.05) is 51.4 Å². The summed E-state index contributed by atoms with van der Waals surface area (Å²) in [7, 11) is 0. The standard InChI is InChI=1S/C16H29N3.CH4/c1-3-10-18-12-9-17-15-7-5-6-8-16(15)19(11-4-2)14-13-18;/h3-4,15-17H,1-2,5-14H2;1H4. The zero-order valence-corrected chi connectivity index (χ0v) is 12.2. The van der Waals surface area contributed by atoms with Gasteiger partial charge in [-0.3, -0.25) is 9.80 Å². The lowest BCUT2D eigenvalue weighted by Crippen LogP contribution is -2.52. The first-order chi connectivity index (χ1) is 9.35. The Morgan fingerprint density at radius 2 is 1.75 bits per heavy atom. The van der Waals surface area contributed by atoms with E-state index in [9.17, 15) is 0 Å². The number of nitrogens with zero attached hydrogens (tertiary/aromatic N) is 2. The maximum atomic E-state index is 3.93. The lowest BCUT2D eigenvalue weighted by atomic mass is 9.89. The van der Waals surface area contributed by atoms with Gasteiger partial charge < -0.3 is 5.32 Å². The predicted octanol–water partition coefficient (Wildman–Crippen LogP) is 2.51. The maximum Gasteiger partial charge on any atom is 0.0253 e. The molecule has 3 heteroatoms. The summed E-state index contributed by atoms with van der Waals surface area (Å²) in [6.07, 6.45) is 9.51. The van der Waals surface area contributed by atoms with Crippen LogP contribution in [0.25, 0.3) is 0 Å². The second-order valence-electron chi connectivity index (χ2n) is 5.79. The van der Waals surface area contributed by atoms with Crippen molar-refractivity contribution in [3.8, 4) is 0 Å². The third kappa shape index (κ3) is 4.72. The summed E-state index contributed by atoms with van der Waals surface area (Å²) < 4.78 is 0. The van der Waals surface area contributed by atoms with Crippen molar-refractivity contribution < 1.29 is 0 Å². The zero-order valence-electron chi connectivity index (χ0n) is 12.2. The van der Waals surface area contributed by atoms with Gasteiger partial charge in [0.05, 0.1) is 0 Å². The van der Waals surface area contributed by atoms with Crippen LogP contribution in [-0.4, -0.2) is 61.2 Å². The first-order valence-electron chi connectivity index (χ1n) is 7.76. The fraction of sp³-hybridized carbons (Fsp3) is 0.765. The SMILES string of the molecule is C.C=CCN1CCNC2CCCCC2N(CC=C)CC1. The van der Waals surface area contributed by atoms with E-state index in [0.29, 0.717) is 12.1 Å². The highest BCUT2D eigenvalue weighted by molar-refractivity contribution is 4.92. The summed E-state index contributed by atoms with van der Waals surface area (Å²) in [6, 6.07) is 1.38. The van der Waals surface area contributed by atoms with Crippen LogP contribution in [0, 0.1) is 0 Å². The quantitative estimate of drug-likeness (QED) is 0.798. The summed E-state index contributed by atoms with van der Waals surface area (Å²) in [5.41, 5.74) is 0. The largest absolute Gasteiger partial charge is 0.311 e. The highest BCUT2D eigenvalue weighted by Crippen LogP contribution is 2.23. The molecule has 1 heterocycles. The second-order valence-corrected chi connectivity index (χ2v) is 5.79. The fourth-order valence-electron chi connectivity index (χ4n) is 3.50. The molecule has 0 spiro atoms. The smallest absolute Gasteiger partial charge is 0.0253 e. The summed E-state index contributed by atoms with van der Waals surface area (Å²) in [4.78, 5) is 5.12. The Morgan fingerprint density at radius 3 is 2.50 bits per heavy atom. The first kappa shape index (κ1) is 17.4. The molecule has 1 saturated heterocycles. The summed E-state index contributed by atoms with van der Waals surface area (Å²) in [6.45, 7) is 14.4. The van der Waals surface area contributed by atoms with E-state index in [1.54, 1.807) is 0 Å². The van der Waals surface area contributed by atoms with Gasteiger partial charge in [0.25, 0.3) is 0 Å². The van der Waals surface area contributed by atoms with Gasteiger partial charge >= 0.3 is 0 Å². The molecule has 1 saturated carbocycles. The topological polar surface area (TPSA) is 18.5 Å². The van der Waals surface area contributed by atoms with Crippen LogP contribution in [0.3, 0.4) is 0 Å². The lowest BCUT2D eigenvalue weighted by Gasteiger charge is -2.39. The number of hydrogen-bond donors (Lipinski definition) is 1. The van der Waals surface area contributed by atoms with Crippen LogP contribution < -0.4 is 5.32 Å². The van der Waals surface area contributed by atoms with Crippen molar-refractivity contribution in [3.63, 3.8) is 0 Å². The Morgan fingerprint density at radius 1 is 1.00 bits per heavy atom. The van der Waals surface area contributed by atoms with Gasteiger partial charge in [0.1, 0.15) is 0 Å². The van der Waals surface area contributed by atoms with Crippen molar-refractivity contribution in [2.45, 2.75) is 45.2 Å². The Bertz CT molecular complexity index is 290. The van der Waals surface area contributed by atoms with E-state index in [2.05, 4.69) is 34.4 Å². The van der Waals surface area contributed by atoms with E-state index in [1.807, 2.05) is 6.08 Å². The van der Waals surface area contributed by atoms with Crippen LogP contribution in [0.15, 0.2) is 25.3 Å². The fourth-order valence-corrected chi connectivity index (χ4v) is 3.50. The Balaban J connectivity index is 0.00000200. The first-order valence-corrected chi connectivity index (χ1v) is 7.76. The molecule has 0 amide bonds. The van der Waals surface area contributed by atoms with Crippen molar-refractivity contribution >= 4 is 0 Å². The van der Waals surface area contributed by atoms with Gasteiger partial charge in [0.15, 0.2) is 0 Å². The van der Waals surface area contributed by atoms with Crippen molar-refractivity contribution in [2.24, 2.45) is 0 Å². The molecule has 0 aromatic rings. The van der Waals surface area contributed by atoms with E-state index < -0.39 is 0 Å². The molecule has 1 aliphatic carbocycles. The zero-order chi connectivity index (χ0) is 13.5. The van der Waals surface area contributed by atoms with E-state index in [4.69, 9.17) is 0 Å². The summed E-state index contributed by atoms with van der Waals surface area (Å²) >= 11 is 0. The summed E-state index contributed by atoms with van der Waals surface area (Å²) in [5.74, 6) is 0. The molecule has 3 nitrogen and oxygen atoms in total. The highest BCUT2D eigenvalue weighted by Gasteiger charge is 2.30. The Hall–Kier alpha value is -0.640. The molecule has 0 radical (unpaired) electrons. The van der Waals surface area contributed by atoms with Crippen molar-refractivity contribution in [1.82, 2.24) is 15.1 Å². The minimum atomic E-state index is 0. The molecule has 1 N–H and O–H groups in total. The Labute approximate surface area is 125 Å². The average molecular weight is 279 g/mol. The lowest BCUT2D eigenvalue weighted by molar-refractivity contribution is 0.134. The molecule has 20 heavy (non-hydrogen) atoms. The third-order valence-electron chi connectivity index (χ3n) is 4.49. The van der Waals surface area contributed by atoms with Gasteiger partial charge in [-0.2, -0.15) is 0 Å². The molecule has 2 aliphatic rings. The molecule has 2 rings (SSSR count). The van der Waals surface area contributed by atoms with Crippen LogP contribution in [0.2, 0.25) is 0 Å². The van der Waals surface area contributed by atoms with E-state index >= 15 is 0 Å². The molecule has 2 atom stereocenters. The maximum absolute atomic E-state index is 3.93. The van der Waals surface area contributed by atoms with Crippen molar-refractivity contribution in [3.05, 3.63) is 25.3 Å². The molecule has 2 fully saturated rings. The second kappa shape index (κ2) is 9.32. The molecule has 116 valence electrons. The van der Waals surface area contributed by atoms with Gasteiger partial charge in [-0.05, 0) is 12.8 Å². The van der Waals surface area contributed by atoms with Crippen LogP contribution in [0.5, 0.6) is 0 Å². The number of hydrogen-bond acceptors (Lipinski definition) is 3. The number of nitrogens with one attached hydrogen (secondary N) is 1. The van der Waals surface area contributed by atoms with Crippen LogP contribution in [0.1, 0.15) is 33.1 Å². The van der Waals surface area contributed by atoms with Gasteiger partial charge in [-0.1, -0.05) is 32.4 Å². The number of fused-ring (bicyclic) bond motifs is 1. The van der Waals surface area contributed by atoms with Crippen LogP contribution >= 0.6 is 0 Å². The summed E-state index contributed by atoms with van der Waals surface area (Å²) in [5, 5.41) is 3.79. The number of rotatable bonds is 4. The minimum absolute atomic E-state index is 0. The molecule has 0 aromatic heterocycles. The molecule has 0 aromatic carbocycles. The van der Waals surface area contributed by atoms with E-state index in [0.717, 1.165) is 39.3 Å². The van der Waals surface area contributed by atoms with Crippen molar-refractivity contribution in [1.29, 1.82) is 0 Å². The Kier molecular flexibility index (Phi) is 8.12. The van der Waals surface area contributed by atoms with Gasteiger partial charge in [-0.15, -0.1) is 13.2 Å². The highest BCUT2D eigenvalue weighted by atomic mass is 15.2. The van der Waals surface area contributed by atoms with Gasteiger partial charge in [0.2, 0.25) is 0 Å². The minimum Gasteiger partial charge on any atom is -0.311 e. The molecule has 1 aliphatic heterocycles. The normalized spacial score (nSPS) is 29.2. The third-order valence-corrected chi connectivity index (χ3v) is 4.49. The molecular formula is C17H33N3. The average Bonchev–Trinajstić information content (AvgIpc) is 2.51. The van der Waals surface area contributed by atoms with E-state index in [-0.39, 0.29) is 7.43 Å². The predicted molar refractivity (Wildman–Crippen MR) is 89.2 cm³/mol. The van der Waals surface area contributed by atoms with E-state index in [1.165, 1.54) is 25.7 Å². The molecule has 2 unspecified atom stereocenters. The molecular weight excluding hydrogens is 246 g/mol. The van der Waals surface area contributed by atoms with Crippen molar-refractivity contribution in [2.75, 3.05) is 39.3 Å². The van der Waals surface area contributed by atoms with Gasteiger partial charge in [-0.25, -0.2) is 0 Å².